The Morgan fingerprint density at radius 2 is 2.16 bits per heavy atom. The Labute approximate surface area is 112 Å². The van der Waals surface area contributed by atoms with Gasteiger partial charge in [-0.25, -0.2) is 4.79 Å². The number of morpholine rings is 1. The summed E-state index contributed by atoms with van der Waals surface area (Å²) in [5.41, 5.74) is 7.05. The third-order valence-corrected chi connectivity index (χ3v) is 3.12. The summed E-state index contributed by atoms with van der Waals surface area (Å²) in [6.45, 7) is 4.91. The highest BCUT2D eigenvalue weighted by Crippen LogP contribution is 2.19. The second-order valence-electron chi connectivity index (χ2n) is 4.49. The summed E-state index contributed by atoms with van der Waals surface area (Å²) in [7, 11) is 0. The number of nitrogens with two attached hydrogens (primary N) is 1. The molecular weight excluding hydrogens is 246 g/mol. The van der Waals surface area contributed by atoms with Crippen LogP contribution in [0.1, 0.15) is 10.4 Å². The molecule has 1 aromatic carbocycles. The van der Waals surface area contributed by atoms with E-state index in [0.29, 0.717) is 17.9 Å². The van der Waals surface area contributed by atoms with Crippen LogP contribution in [0.15, 0.2) is 18.2 Å². The summed E-state index contributed by atoms with van der Waals surface area (Å²) in [6, 6.07) is 4.77. The summed E-state index contributed by atoms with van der Waals surface area (Å²) >= 11 is 0. The number of nitrogen functional groups attached to an aromatic ring is 1. The second kappa shape index (κ2) is 6.40. The van der Waals surface area contributed by atoms with E-state index < -0.39 is 5.97 Å². The minimum Gasteiger partial charge on any atom is -0.478 e. The summed E-state index contributed by atoms with van der Waals surface area (Å²) < 4.78 is 5.27. The van der Waals surface area contributed by atoms with Gasteiger partial charge in [0.15, 0.2) is 0 Å². The molecular formula is C13H19N3O3. The maximum absolute atomic E-state index is 11.1. The van der Waals surface area contributed by atoms with Crippen molar-refractivity contribution >= 4 is 17.3 Å². The minimum atomic E-state index is -0.950. The Bertz CT molecular complexity index is 445. The molecule has 0 bridgehead atoms. The van der Waals surface area contributed by atoms with E-state index >= 15 is 0 Å². The van der Waals surface area contributed by atoms with Crippen molar-refractivity contribution in [1.82, 2.24) is 4.90 Å². The standard InChI is InChI=1S/C13H19N3O3/c14-10-1-2-11(13(17)18)12(9-10)15-3-4-16-5-7-19-8-6-16/h1-2,9,15H,3-8,14H2,(H,17,18). The third-order valence-electron chi connectivity index (χ3n) is 3.12. The van der Waals surface area contributed by atoms with Crippen LogP contribution in [0.4, 0.5) is 11.4 Å². The molecule has 2 rings (SSSR count). The van der Waals surface area contributed by atoms with Gasteiger partial charge in [0, 0.05) is 31.9 Å². The van der Waals surface area contributed by atoms with Crippen molar-refractivity contribution in [2.45, 2.75) is 0 Å². The van der Waals surface area contributed by atoms with Gasteiger partial charge in [-0.05, 0) is 18.2 Å². The van der Waals surface area contributed by atoms with Crippen molar-refractivity contribution in [3.63, 3.8) is 0 Å². The first kappa shape index (κ1) is 13.6. The molecule has 1 fully saturated rings. The van der Waals surface area contributed by atoms with Crippen molar-refractivity contribution in [2.75, 3.05) is 50.4 Å². The van der Waals surface area contributed by atoms with E-state index in [-0.39, 0.29) is 5.56 Å². The lowest BCUT2D eigenvalue weighted by Crippen LogP contribution is -2.39. The predicted octanol–water partition coefficient (Wildman–Crippen LogP) is 0.711. The maximum Gasteiger partial charge on any atom is 0.337 e. The summed E-state index contributed by atoms with van der Waals surface area (Å²) in [5.74, 6) is -0.950. The molecule has 6 nitrogen and oxygen atoms in total. The molecule has 1 saturated heterocycles. The smallest absolute Gasteiger partial charge is 0.337 e. The van der Waals surface area contributed by atoms with Gasteiger partial charge in [0.1, 0.15) is 0 Å². The topological polar surface area (TPSA) is 87.8 Å². The molecule has 19 heavy (non-hydrogen) atoms. The average molecular weight is 265 g/mol. The first-order chi connectivity index (χ1) is 9.16. The van der Waals surface area contributed by atoms with E-state index in [1.807, 2.05) is 0 Å². The minimum absolute atomic E-state index is 0.246. The Balaban J connectivity index is 1.91. The van der Waals surface area contributed by atoms with Crippen LogP contribution < -0.4 is 11.1 Å². The van der Waals surface area contributed by atoms with Gasteiger partial charge in [0.25, 0.3) is 0 Å². The fourth-order valence-electron chi connectivity index (χ4n) is 2.07. The fraction of sp³-hybridized carbons (Fsp3) is 0.462. The number of rotatable bonds is 5. The number of anilines is 2. The Hall–Kier alpha value is -1.79. The molecule has 104 valence electrons. The van der Waals surface area contributed by atoms with Crippen molar-refractivity contribution < 1.29 is 14.6 Å². The second-order valence-corrected chi connectivity index (χ2v) is 4.49. The molecule has 6 heteroatoms. The molecule has 0 saturated carbocycles. The lowest BCUT2D eigenvalue weighted by molar-refractivity contribution is 0.0398. The molecule has 0 radical (unpaired) electrons. The lowest BCUT2D eigenvalue weighted by Gasteiger charge is -2.26. The van der Waals surface area contributed by atoms with Gasteiger partial charge in [-0.3, -0.25) is 4.90 Å². The van der Waals surface area contributed by atoms with Crippen LogP contribution in [0.3, 0.4) is 0 Å². The number of hydrogen-bond acceptors (Lipinski definition) is 5. The highest BCUT2D eigenvalue weighted by Gasteiger charge is 2.12. The Kier molecular flexibility index (Phi) is 4.59. The molecule has 0 spiro atoms. The van der Waals surface area contributed by atoms with Crippen LogP contribution in [0.5, 0.6) is 0 Å². The van der Waals surface area contributed by atoms with Gasteiger partial charge in [0.2, 0.25) is 0 Å². The van der Waals surface area contributed by atoms with E-state index in [4.69, 9.17) is 15.6 Å². The number of nitrogens with zero attached hydrogens (tertiary/aromatic N) is 1. The summed E-state index contributed by atoms with van der Waals surface area (Å²) in [5, 5.41) is 12.2. The highest BCUT2D eigenvalue weighted by atomic mass is 16.5. The van der Waals surface area contributed by atoms with Crippen LogP contribution >= 0.6 is 0 Å². The zero-order valence-electron chi connectivity index (χ0n) is 10.8. The fourth-order valence-corrected chi connectivity index (χ4v) is 2.07. The molecule has 1 heterocycles. The van der Waals surface area contributed by atoms with Gasteiger partial charge in [-0.2, -0.15) is 0 Å². The van der Waals surface area contributed by atoms with Crippen molar-refractivity contribution in [1.29, 1.82) is 0 Å². The zero-order valence-corrected chi connectivity index (χ0v) is 10.8. The number of hydrogen-bond donors (Lipinski definition) is 3. The van der Waals surface area contributed by atoms with E-state index in [9.17, 15) is 4.79 Å². The predicted molar refractivity (Wildman–Crippen MR) is 73.6 cm³/mol. The van der Waals surface area contributed by atoms with Crippen LogP contribution in [0, 0.1) is 0 Å². The van der Waals surface area contributed by atoms with E-state index in [0.717, 1.165) is 32.8 Å². The number of carbonyl (C=O) groups is 1. The van der Waals surface area contributed by atoms with Crippen LogP contribution in [0.25, 0.3) is 0 Å². The SMILES string of the molecule is Nc1ccc(C(=O)O)c(NCCN2CCOCC2)c1. The molecule has 0 amide bonds. The maximum atomic E-state index is 11.1. The van der Waals surface area contributed by atoms with Gasteiger partial charge >= 0.3 is 5.97 Å². The van der Waals surface area contributed by atoms with Crippen LogP contribution in [-0.2, 0) is 4.74 Å². The number of carboxylic acids is 1. The average Bonchev–Trinajstić information content (AvgIpc) is 2.39. The normalized spacial score (nSPS) is 16.2. The Morgan fingerprint density at radius 1 is 1.42 bits per heavy atom. The molecule has 1 aliphatic rings. The molecule has 1 aliphatic heterocycles. The van der Waals surface area contributed by atoms with E-state index in [1.165, 1.54) is 6.07 Å². The third kappa shape index (κ3) is 3.84. The molecule has 0 aromatic heterocycles. The monoisotopic (exact) mass is 265 g/mol. The van der Waals surface area contributed by atoms with Gasteiger partial charge in [-0.15, -0.1) is 0 Å². The van der Waals surface area contributed by atoms with Crippen LogP contribution in [0.2, 0.25) is 0 Å². The molecule has 0 aliphatic carbocycles. The summed E-state index contributed by atoms with van der Waals surface area (Å²) in [4.78, 5) is 13.4. The van der Waals surface area contributed by atoms with Crippen molar-refractivity contribution in [3.05, 3.63) is 23.8 Å². The number of carboxylic acid groups (broad SMARTS) is 1. The van der Waals surface area contributed by atoms with Crippen molar-refractivity contribution in [2.24, 2.45) is 0 Å². The first-order valence-corrected chi connectivity index (χ1v) is 6.33. The Morgan fingerprint density at radius 3 is 2.84 bits per heavy atom. The number of ether oxygens (including phenoxy) is 1. The number of aromatic carboxylic acids is 1. The van der Waals surface area contributed by atoms with E-state index in [2.05, 4.69) is 10.2 Å². The van der Waals surface area contributed by atoms with E-state index in [1.54, 1.807) is 12.1 Å². The molecule has 1 aromatic rings. The van der Waals surface area contributed by atoms with Crippen LogP contribution in [-0.4, -0.2) is 55.4 Å². The lowest BCUT2D eigenvalue weighted by atomic mass is 10.1. The van der Waals surface area contributed by atoms with Gasteiger partial charge in [0.05, 0.1) is 24.5 Å². The van der Waals surface area contributed by atoms with Gasteiger partial charge < -0.3 is 20.9 Å². The van der Waals surface area contributed by atoms with Crippen molar-refractivity contribution in [3.8, 4) is 0 Å². The largest absolute Gasteiger partial charge is 0.478 e. The summed E-state index contributed by atoms with van der Waals surface area (Å²) in [6.07, 6.45) is 0. The zero-order chi connectivity index (χ0) is 13.7. The quantitative estimate of drug-likeness (QED) is 0.680. The first-order valence-electron chi connectivity index (χ1n) is 6.33. The molecule has 0 atom stereocenters. The molecule has 4 N–H and O–H groups in total. The highest BCUT2D eigenvalue weighted by molar-refractivity contribution is 5.95. The number of nitrogens with one attached hydrogen (secondary N) is 1. The van der Waals surface area contributed by atoms with Gasteiger partial charge in [-0.1, -0.05) is 0 Å². The molecule has 0 unspecified atom stereocenters. The number of benzene rings is 1.